The van der Waals surface area contributed by atoms with Gasteiger partial charge >= 0.3 is 17.8 Å². The monoisotopic (exact) mass is 398 g/mol. The number of imide groups is 2. The number of quaternary nitrogens is 1. The second-order valence-electron chi connectivity index (χ2n) is 6.72. The van der Waals surface area contributed by atoms with Crippen molar-refractivity contribution in [2.24, 2.45) is 0 Å². The summed E-state index contributed by atoms with van der Waals surface area (Å²) in [5, 5.41) is 0. The average molecular weight is 398 g/mol. The first-order valence-corrected chi connectivity index (χ1v) is 9.31. The van der Waals surface area contributed by atoms with Gasteiger partial charge in [0.15, 0.2) is 6.67 Å². The highest BCUT2D eigenvalue weighted by atomic mass is 16.5. The summed E-state index contributed by atoms with van der Waals surface area (Å²) in [6.45, 7) is 3.19. The number of anilines is 1. The Morgan fingerprint density at radius 1 is 0.897 bits per heavy atom. The van der Waals surface area contributed by atoms with Gasteiger partial charge in [0.25, 0.3) is 0 Å². The number of carbonyl (C=O) groups is 3. The normalized spacial score (nSPS) is 15.1. The van der Waals surface area contributed by atoms with E-state index in [1.54, 1.807) is 24.3 Å². The van der Waals surface area contributed by atoms with E-state index in [4.69, 9.17) is 9.47 Å². The van der Waals surface area contributed by atoms with Crippen LogP contribution in [0, 0.1) is 0 Å². The second-order valence-corrected chi connectivity index (χ2v) is 6.72. The molecule has 152 valence electrons. The van der Waals surface area contributed by atoms with E-state index in [1.807, 2.05) is 38.2 Å². The van der Waals surface area contributed by atoms with Crippen LogP contribution in [0.1, 0.15) is 12.5 Å². The molecule has 8 heteroatoms. The zero-order valence-corrected chi connectivity index (χ0v) is 16.7. The summed E-state index contributed by atoms with van der Waals surface area (Å²) in [5.74, 6) is -0.291. The van der Waals surface area contributed by atoms with E-state index in [0.29, 0.717) is 24.6 Å². The Kier molecular flexibility index (Phi) is 6.13. The van der Waals surface area contributed by atoms with E-state index in [9.17, 15) is 14.4 Å². The number of hydrogen-bond acceptors (Lipinski definition) is 5. The number of methoxy groups -OCH3 is 1. The Morgan fingerprint density at radius 3 is 2.10 bits per heavy atom. The molecule has 0 saturated carbocycles. The van der Waals surface area contributed by atoms with E-state index in [2.05, 4.69) is 0 Å². The number of rotatable bonds is 8. The van der Waals surface area contributed by atoms with Gasteiger partial charge in [-0.2, -0.15) is 0 Å². The van der Waals surface area contributed by atoms with Crippen LogP contribution in [-0.2, 0) is 16.1 Å². The third kappa shape index (κ3) is 4.38. The minimum atomic E-state index is -0.853. The molecule has 0 aliphatic carbocycles. The Morgan fingerprint density at radius 2 is 1.52 bits per heavy atom. The number of nitrogens with one attached hydrogen (secondary N) is 1. The van der Waals surface area contributed by atoms with Gasteiger partial charge in [0.05, 0.1) is 26.5 Å². The molecule has 1 saturated heterocycles. The molecule has 1 atom stereocenters. The van der Waals surface area contributed by atoms with Crippen molar-refractivity contribution in [1.29, 1.82) is 0 Å². The summed E-state index contributed by atoms with van der Waals surface area (Å²) in [5.41, 5.74) is 1.37. The fourth-order valence-corrected chi connectivity index (χ4v) is 3.15. The van der Waals surface area contributed by atoms with E-state index in [1.165, 1.54) is 7.11 Å². The highest BCUT2D eigenvalue weighted by Crippen LogP contribution is 2.24. The van der Waals surface area contributed by atoms with Crippen LogP contribution in [0.2, 0.25) is 0 Å². The minimum absolute atomic E-state index is 0.0866. The van der Waals surface area contributed by atoms with Gasteiger partial charge < -0.3 is 14.4 Å². The molecule has 1 unspecified atom stereocenters. The lowest BCUT2D eigenvalue weighted by molar-refractivity contribution is -0.901. The van der Waals surface area contributed by atoms with Crippen LogP contribution in [0.3, 0.4) is 0 Å². The molecule has 1 heterocycles. The molecular formula is C21H24N3O5+. The van der Waals surface area contributed by atoms with Crippen molar-refractivity contribution < 1.29 is 28.8 Å². The highest BCUT2D eigenvalue weighted by Gasteiger charge is 2.46. The summed E-state index contributed by atoms with van der Waals surface area (Å²) in [4.78, 5) is 40.3. The first kappa shape index (κ1) is 20.3. The summed E-state index contributed by atoms with van der Waals surface area (Å²) in [7, 11) is 3.38. The highest BCUT2D eigenvalue weighted by molar-refractivity contribution is 6.52. The van der Waals surface area contributed by atoms with Crippen LogP contribution in [0.25, 0.3) is 0 Å². The molecule has 2 aromatic rings. The van der Waals surface area contributed by atoms with Gasteiger partial charge in [-0.3, -0.25) is 9.59 Å². The van der Waals surface area contributed by atoms with Crippen LogP contribution in [-0.4, -0.2) is 50.2 Å². The summed E-state index contributed by atoms with van der Waals surface area (Å²) in [6.07, 6.45) is 0. The zero-order valence-electron chi connectivity index (χ0n) is 16.7. The molecule has 1 aliphatic heterocycles. The van der Waals surface area contributed by atoms with E-state index < -0.39 is 17.8 Å². The topological polar surface area (TPSA) is 80.6 Å². The molecule has 0 radical (unpaired) electrons. The van der Waals surface area contributed by atoms with Crippen molar-refractivity contribution in [2.75, 3.05) is 32.3 Å². The number of urea groups is 1. The van der Waals surface area contributed by atoms with Gasteiger partial charge in [0.2, 0.25) is 0 Å². The van der Waals surface area contributed by atoms with Gasteiger partial charge in [0.1, 0.15) is 18.0 Å². The van der Waals surface area contributed by atoms with Gasteiger partial charge in [-0.1, -0.05) is 0 Å². The summed E-state index contributed by atoms with van der Waals surface area (Å²) in [6, 6.07) is 13.4. The fourth-order valence-electron chi connectivity index (χ4n) is 3.15. The molecule has 4 amide bonds. The maximum absolute atomic E-state index is 12.7. The molecule has 0 aromatic heterocycles. The maximum atomic E-state index is 12.7. The van der Waals surface area contributed by atoms with Crippen LogP contribution < -0.4 is 19.3 Å². The Hall–Kier alpha value is -3.39. The molecule has 0 spiro atoms. The molecule has 8 nitrogen and oxygen atoms in total. The van der Waals surface area contributed by atoms with Crippen molar-refractivity contribution >= 4 is 23.5 Å². The smallest absolute Gasteiger partial charge is 0.343 e. The number of benzene rings is 2. The molecule has 1 N–H and O–H groups in total. The Bertz CT molecular complexity index is 896. The van der Waals surface area contributed by atoms with Gasteiger partial charge in [0, 0.05) is 5.56 Å². The van der Waals surface area contributed by atoms with Crippen LogP contribution in [0.5, 0.6) is 11.5 Å². The van der Waals surface area contributed by atoms with E-state index in [-0.39, 0.29) is 6.67 Å². The van der Waals surface area contributed by atoms with Gasteiger partial charge in [-0.25, -0.2) is 14.6 Å². The van der Waals surface area contributed by atoms with Crippen molar-refractivity contribution in [3.05, 3.63) is 54.1 Å². The first-order valence-electron chi connectivity index (χ1n) is 9.31. The molecular weight excluding hydrogens is 374 g/mol. The lowest BCUT2D eigenvalue weighted by Gasteiger charge is -2.20. The SMILES string of the molecule is CCOc1ccc(C[NH+](C)CN2C(=O)C(=O)N(c3ccc(OC)cc3)C2=O)cc1. The fraction of sp³-hybridized carbons (Fsp3) is 0.286. The van der Waals surface area contributed by atoms with Crippen LogP contribution in [0.15, 0.2) is 48.5 Å². The Balaban J connectivity index is 1.67. The van der Waals surface area contributed by atoms with Crippen molar-refractivity contribution in [3.8, 4) is 11.5 Å². The first-order chi connectivity index (χ1) is 13.9. The summed E-state index contributed by atoms with van der Waals surface area (Å²) < 4.78 is 10.5. The molecule has 2 aromatic carbocycles. The number of ether oxygens (including phenoxy) is 2. The molecule has 1 aliphatic rings. The standard InChI is InChI=1S/C21H23N3O5/c1-4-29-18-9-5-15(6-10-18)13-22(2)14-23-19(25)20(26)24(21(23)27)16-7-11-17(28-3)12-8-16/h5-12H,4,13-14H2,1-3H3/p+1. The summed E-state index contributed by atoms with van der Waals surface area (Å²) >= 11 is 0. The van der Waals surface area contributed by atoms with E-state index in [0.717, 1.165) is 26.0 Å². The molecule has 3 rings (SSSR count). The van der Waals surface area contributed by atoms with Gasteiger partial charge in [-0.15, -0.1) is 0 Å². The third-order valence-electron chi connectivity index (χ3n) is 4.55. The third-order valence-corrected chi connectivity index (χ3v) is 4.55. The average Bonchev–Trinajstić information content (AvgIpc) is 2.93. The quantitative estimate of drug-likeness (QED) is 0.531. The number of amides is 4. The molecule has 29 heavy (non-hydrogen) atoms. The lowest BCUT2D eigenvalue weighted by atomic mass is 10.2. The Labute approximate surface area is 169 Å². The van der Waals surface area contributed by atoms with E-state index >= 15 is 0 Å². The molecule has 0 bridgehead atoms. The molecule has 1 fully saturated rings. The van der Waals surface area contributed by atoms with Crippen molar-refractivity contribution in [3.63, 3.8) is 0 Å². The van der Waals surface area contributed by atoms with Crippen LogP contribution in [0.4, 0.5) is 10.5 Å². The van der Waals surface area contributed by atoms with Crippen molar-refractivity contribution in [2.45, 2.75) is 13.5 Å². The maximum Gasteiger partial charge on any atom is 0.343 e. The van der Waals surface area contributed by atoms with Gasteiger partial charge in [-0.05, 0) is 55.5 Å². The number of carbonyl (C=O) groups excluding carboxylic acids is 3. The largest absolute Gasteiger partial charge is 0.497 e. The second kappa shape index (κ2) is 8.74. The lowest BCUT2D eigenvalue weighted by Crippen LogP contribution is -3.09. The minimum Gasteiger partial charge on any atom is -0.497 e. The number of hydrogen-bond donors (Lipinski definition) is 1. The van der Waals surface area contributed by atoms with Crippen molar-refractivity contribution in [1.82, 2.24) is 4.90 Å². The predicted octanol–water partition coefficient (Wildman–Crippen LogP) is 1.06. The zero-order chi connectivity index (χ0) is 21.0. The number of nitrogens with zero attached hydrogens (tertiary/aromatic N) is 2. The van der Waals surface area contributed by atoms with Crippen LogP contribution >= 0.6 is 0 Å². The predicted molar refractivity (Wildman–Crippen MR) is 106 cm³/mol.